The van der Waals surface area contributed by atoms with Crippen LogP contribution < -0.4 is 10.5 Å². The number of nitrogens with two attached hydrogens (primary N) is 1. The van der Waals surface area contributed by atoms with Gasteiger partial charge in [-0.25, -0.2) is 9.97 Å². The summed E-state index contributed by atoms with van der Waals surface area (Å²) in [5.41, 5.74) is 10.6. The van der Waals surface area contributed by atoms with Crippen molar-refractivity contribution in [3.63, 3.8) is 0 Å². The number of piperidine rings is 1. The van der Waals surface area contributed by atoms with Gasteiger partial charge in [0, 0.05) is 49.0 Å². The van der Waals surface area contributed by atoms with E-state index in [1.165, 1.54) is 12.8 Å². The number of hydrogen-bond acceptors (Lipinski definition) is 5. The number of carbonyl (C=O) groups excluding carboxylic acids is 1. The Bertz CT molecular complexity index is 1520. The van der Waals surface area contributed by atoms with Crippen LogP contribution in [0.1, 0.15) is 43.0 Å². The van der Waals surface area contributed by atoms with E-state index in [-0.39, 0.29) is 18.0 Å². The maximum absolute atomic E-state index is 13.6. The van der Waals surface area contributed by atoms with E-state index >= 15 is 0 Å². The summed E-state index contributed by atoms with van der Waals surface area (Å²) < 4.78 is 10.3. The molecule has 0 spiro atoms. The van der Waals surface area contributed by atoms with Gasteiger partial charge in [-0.1, -0.05) is 30.3 Å². The number of likely N-dealkylation sites (tertiary alicyclic amines) is 1. The molecule has 38 heavy (non-hydrogen) atoms. The molecular formula is C30H34N6O2. The van der Waals surface area contributed by atoms with E-state index in [0.29, 0.717) is 29.7 Å². The molecule has 3 aliphatic rings. The van der Waals surface area contributed by atoms with Crippen LogP contribution in [0.2, 0.25) is 0 Å². The van der Waals surface area contributed by atoms with Crippen molar-refractivity contribution in [2.75, 3.05) is 13.7 Å². The number of hydrogen-bond donors (Lipinski definition) is 1. The van der Waals surface area contributed by atoms with Crippen LogP contribution in [-0.2, 0) is 13.1 Å². The highest BCUT2D eigenvalue weighted by Gasteiger charge is 2.47. The lowest BCUT2D eigenvalue weighted by molar-refractivity contribution is 0.0700. The third kappa shape index (κ3) is 3.73. The molecule has 2 aromatic heterocycles. The quantitative estimate of drug-likeness (QED) is 0.393. The summed E-state index contributed by atoms with van der Waals surface area (Å²) in [6.07, 6.45) is 6.77. The van der Waals surface area contributed by atoms with Crippen LogP contribution in [0.4, 0.5) is 0 Å². The van der Waals surface area contributed by atoms with Crippen LogP contribution in [0.5, 0.6) is 5.75 Å². The average molecular weight is 511 g/mol. The Balaban J connectivity index is 1.32. The molecule has 1 aliphatic heterocycles. The summed E-state index contributed by atoms with van der Waals surface area (Å²) >= 11 is 0. The Morgan fingerprint density at radius 2 is 1.89 bits per heavy atom. The summed E-state index contributed by atoms with van der Waals surface area (Å²) in [6, 6.07) is 14.3. The molecule has 8 nitrogen and oxygen atoms in total. The van der Waals surface area contributed by atoms with Crippen molar-refractivity contribution in [2.24, 2.45) is 17.6 Å². The summed E-state index contributed by atoms with van der Waals surface area (Å²) in [6.45, 7) is 4.51. The fourth-order valence-electron chi connectivity index (χ4n) is 6.52. The first kappa shape index (κ1) is 23.5. The number of amides is 1. The Labute approximate surface area is 222 Å². The standard InChI is InChI=1S/C30H34N6O2/c1-3-35-27-22(13-21(14-25(27)38-2)30(37)36-16-20-11-12-24(36)26(20)31)32-29(35)23-17-34(15-18-9-10-18)28(33-23)19-7-5-4-6-8-19/h4-8,13-14,17-18,20,24,26H,3,9-12,15-16,31H2,1-2H3/t20-,24-,26-/m1/s1. The number of nitrogens with zero attached hydrogens (tertiary/aromatic N) is 5. The number of carbonyl (C=O) groups is 1. The fraction of sp³-hybridized carbons (Fsp3) is 0.433. The van der Waals surface area contributed by atoms with Gasteiger partial charge in [0.2, 0.25) is 0 Å². The lowest BCUT2D eigenvalue weighted by Gasteiger charge is -2.27. The molecule has 7 rings (SSSR count). The lowest BCUT2D eigenvalue weighted by atomic mass is 10.1. The van der Waals surface area contributed by atoms with Crippen molar-refractivity contribution < 1.29 is 9.53 Å². The molecule has 3 atom stereocenters. The summed E-state index contributed by atoms with van der Waals surface area (Å²) in [4.78, 5) is 25.7. The van der Waals surface area contributed by atoms with E-state index < -0.39 is 0 Å². The predicted molar refractivity (Wildman–Crippen MR) is 147 cm³/mol. The molecule has 2 aromatic carbocycles. The highest BCUT2D eigenvalue weighted by atomic mass is 16.5. The normalized spacial score (nSPS) is 22.5. The third-order valence-corrected chi connectivity index (χ3v) is 8.69. The first-order valence-electron chi connectivity index (χ1n) is 13.8. The number of ether oxygens (including phenoxy) is 1. The summed E-state index contributed by atoms with van der Waals surface area (Å²) in [5, 5.41) is 0. The van der Waals surface area contributed by atoms with Crippen LogP contribution >= 0.6 is 0 Å². The van der Waals surface area contributed by atoms with E-state index in [1.807, 2.05) is 23.1 Å². The van der Waals surface area contributed by atoms with Gasteiger partial charge < -0.3 is 24.5 Å². The Hall–Kier alpha value is -3.65. The van der Waals surface area contributed by atoms with Gasteiger partial charge >= 0.3 is 0 Å². The Morgan fingerprint density at radius 1 is 1.08 bits per heavy atom. The van der Waals surface area contributed by atoms with E-state index in [1.54, 1.807) is 7.11 Å². The molecule has 2 N–H and O–H groups in total. The largest absolute Gasteiger partial charge is 0.494 e. The number of fused-ring (bicyclic) bond motifs is 3. The van der Waals surface area contributed by atoms with Crippen LogP contribution in [-0.4, -0.2) is 55.6 Å². The molecule has 3 fully saturated rings. The van der Waals surface area contributed by atoms with Crippen LogP contribution in [0.15, 0.2) is 48.7 Å². The van der Waals surface area contributed by atoms with Gasteiger partial charge in [-0.15, -0.1) is 0 Å². The number of imidazole rings is 2. The van der Waals surface area contributed by atoms with Crippen LogP contribution in [0, 0.1) is 11.8 Å². The van der Waals surface area contributed by atoms with Gasteiger partial charge in [0.05, 0.1) is 12.6 Å². The highest BCUT2D eigenvalue weighted by molar-refractivity contribution is 6.00. The van der Waals surface area contributed by atoms with Gasteiger partial charge in [-0.2, -0.15) is 0 Å². The molecule has 196 valence electrons. The Kier molecular flexibility index (Phi) is 5.54. The number of methoxy groups -OCH3 is 1. The molecular weight excluding hydrogens is 476 g/mol. The molecule has 0 radical (unpaired) electrons. The maximum atomic E-state index is 13.6. The minimum atomic E-state index is 0.0144. The van der Waals surface area contributed by atoms with Crippen molar-refractivity contribution in [1.82, 2.24) is 24.0 Å². The minimum absolute atomic E-state index is 0.0144. The SMILES string of the molecule is CCn1c(-c2cn(CC3CC3)c(-c3ccccc3)n2)nc2cc(C(=O)N3C[C@H]4CC[C@@H]3[C@@H]4N)cc(OC)c21. The zero-order valence-electron chi connectivity index (χ0n) is 22.0. The van der Waals surface area contributed by atoms with Gasteiger partial charge in [0.15, 0.2) is 5.82 Å². The molecule has 4 aromatic rings. The molecule has 2 saturated carbocycles. The second kappa shape index (κ2) is 8.98. The monoisotopic (exact) mass is 510 g/mol. The average Bonchev–Trinajstić information content (AvgIpc) is 3.25. The topological polar surface area (TPSA) is 91.2 Å². The summed E-state index contributed by atoms with van der Waals surface area (Å²) in [5.74, 6) is 3.54. The van der Waals surface area contributed by atoms with E-state index in [2.05, 4.69) is 46.5 Å². The molecule has 8 heteroatoms. The van der Waals surface area contributed by atoms with E-state index in [0.717, 1.165) is 59.9 Å². The molecule has 1 saturated heterocycles. The van der Waals surface area contributed by atoms with Gasteiger partial charge in [-0.05, 0) is 56.6 Å². The number of benzene rings is 2. The first-order chi connectivity index (χ1) is 18.6. The highest BCUT2D eigenvalue weighted by Crippen LogP contribution is 2.39. The third-order valence-electron chi connectivity index (χ3n) is 8.69. The zero-order valence-corrected chi connectivity index (χ0v) is 22.0. The second-order valence-corrected chi connectivity index (χ2v) is 11.1. The van der Waals surface area contributed by atoms with Gasteiger partial charge in [0.1, 0.15) is 22.8 Å². The molecule has 0 unspecified atom stereocenters. The number of aromatic nitrogens is 4. The first-order valence-corrected chi connectivity index (χ1v) is 13.8. The van der Waals surface area contributed by atoms with Gasteiger partial charge in [0.25, 0.3) is 5.91 Å². The fourth-order valence-corrected chi connectivity index (χ4v) is 6.52. The lowest BCUT2D eigenvalue weighted by Crippen LogP contribution is -2.41. The Morgan fingerprint density at radius 3 is 2.55 bits per heavy atom. The molecule has 1 amide bonds. The van der Waals surface area contributed by atoms with Crippen molar-refractivity contribution in [3.8, 4) is 28.7 Å². The van der Waals surface area contributed by atoms with E-state index in [9.17, 15) is 4.79 Å². The smallest absolute Gasteiger partial charge is 0.254 e. The van der Waals surface area contributed by atoms with Crippen molar-refractivity contribution in [1.29, 1.82) is 0 Å². The maximum Gasteiger partial charge on any atom is 0.254 e. The van der Waals surface area contributed by atoms with E-state index in [4.69, 9.17) is 20.4 Å². The second-order valence-electron chi connectivity index (χ2n) is 11.1. The van der Waals surface area contributed by atoms with Crippen molar-refractivity contribution >= 4 is 16.9 Å². The zero-order chi connectivity index (χ0) is 26.0. The van der Waals surface area contributed by atoms with Crippen molar-refractivity contribution in [2.45, 2.75) is 57.8 Å². The molecule has 3 heterocycles. The molecule has 2 aliphatic carbocycles. The molecule has 2 bridgehead atoms. The van der Waals surface area contributed by atoms with Gasteiger partial charge in [-0.3, -0.25) is 4.79 Å². The van der Waals surface area contributed by atoms with Crippen molar-refractivity contribution in [3.05, 3.63) is 54.2 Å². The minimum Gasteiger partial charge on any atom is -0.494 e. The predicted octanol–water partition coefficient (Wildman–Crippen LogP) is 4.57. The van der Waals surface area contributed by atoms with Crippen LogP contribution in [0.3, 0.4) is 0 Å². The summed E-state index contributed by atoms with van der Waals surface area (Å²) in [7, 11) is 1.65. The number of aryl methyl sites for hydroxylation is 1. The number of rotatable bonds is 7. The van der Waals surface area contributed by atoms with Crippen LogP contribution in [0.25, 0.3) is 33.9 Å².